The van der Waals surface area contributed by atoms with E-state index < -0.39 is 144 Å². The number of hydrogen-bond acceptors (Lipinski definition) is 20. The molecule has 1 aliphatic heterocycles. The molecule has 0 unspecified atom stereocenters. The number of amides is 12. The third kappa shape index (κ3) is 28.9. The molecule has 616 valence electrons. The number of carbonyl (C=O) groups excluding carboxylic acids is 12. The van der Waals surface area contributed by atoms with Crippen molar-refractivity contribution >= 4 is 117 Å². The van der Waals surface area contributed by atoms with E-state index in [1.807, 2.05) is 42.5 Å². The molecular formula is C79H103ClN20O15. The summed E-state index contributed by atoms with van der Waals surface area (Å²) in [5.74, 6) is -11.6. The fraction of sp³-hybridized carbons (Fsp3) is 0.430. The number of rotatable bonds is 44. The van der Waals surface area contributed by atoms with Crippen LogP contribution in [0.4, 0.5) is 11.6 Å². The van der Waals surface area contributed by atoms with E-state index in [2.05, 4.69) is 78.4 Å². The standard InChI is InChI=1S/C79H103ClN20O15/c1-45(2)38-59(71(107)95-58(23-14-36-90-79(83)84)77(113)100-37-15-24-64(100)76(112)91-46(3)78(114)115)96-70(106)57(22-8-10-33-89-68(104)55-20-13-35-87-66(55)82)93-69(105)56(21-7-9-32-88-67(103)54-19-12-34-86-65(54)81)94-75(111)63(44-101)99-74(110)62(42-50-16-11-31-85-43-50)98-73(109)61(40-48-26-29-53(80)30-27-48)97-72(108)60(92-47(4)102)41-49-25-28-51-17-5-6-18-52(51)39-49/h5-6,11-13,16-20,25-31,34-35,39,43,45-46,56-64,101H,7-10,14-15,21-24,32-33,36-38,40-42,44H2,1-4H3,(H2,81,86)(H2,82,87)(H,88,103)(H,89,104)(H,91,112)(H,92,102)(H,93,105)(H,94,111)(H,95,107)(H,96,106)(H,97,108)(H,98,109)(H,99,110)(H,114,115)(H4,83,84,90)/t46-,56-,57-,58-,59-,60-,61-,62-,63-,64+/m0/s1. The number of carboxylic acids is 1. The van der Waals surface area contributed by atoms with Crippen LogP contribution in [0.25, 0.3) is 10.8 Å². The van der Waals surface area contributed by atoms with Gasteiger partial charge in [0.2, 0.25) is 59.1 Å². The van der Waals surface area contributed by atoms with Crippen LogP contribution in [0.3, 0.4) is 0 Å². The number of benzene rings is 3. The topological polar surface area (TPSA) is 553 Å². The molecule has 36 heteroatoms. The van der Waals surface area contributed by atoms with Gasteiger partial charge in [0.25, 0.3) is 11.8 Å². The normalized spacial score (nSPS) is 14.7. The fourth-order valence-electron chi connectivity index (χ4n) is 12.8. The van der Waals surface area contributed by atoms with Crippen molar-refractivity contribution in [2.45, 2.75) is 178 Å². The zero-order valence-electron chi connectivity index (χ0n) is 64.5. The smallest absolute Gasteiger partial charge is 0.325 e. The summed E-state index contributed by atoms with van der Waals surface area (Å²) in [6.07, 6.45) is 5.99. The minimum atomic E-state index is -1.87. The van der Waals surface area contributed by atoms with Gasteiger partial charge in [-0.1, -0.05) is 86.1 Å². The first kappa shape index (κ1) is 89.8. The van der Waals surface area contributed by atoms with E-state index in [-0.39, 0.29) is 144 Å². The lowest BCUT2D eigenvalue weighted by Gasteiger charge is -2.31. The molecule has 6 aromatic rings. The highest BCUT2D eigenvalue weighted by atomic mass is 35.5. The molecule has 10 atom stereocenters. The number of aliphatic hydroxyl groups is 1. The first-order valence-corrected chi connectivity index (χ1v) is 38.3. The van der Waals surface area contributed by atoms with E-state index >= 15 is 9.59 Å². The molecule has 21 N–H and O–H groups in total. The minimum Gasteiger partial charge on any atom is -0.480 e. The second-order valence-corrected chi connectivity index (χ2v) is 28.8. The van der Waals surface area contributed by atoms with Crippen molar-refractivity contribution < 1.29 is 72.5 Å². The zero-order chi connectivity index (χ0) is 83.7. The van der Waals surface area contributed by atoms with Crippen molar-refractivity contribution in [1.82, 2.24) is 78.3 Å². The second kappa shape index (κ2) is 45.3. The number of anilines is 2. The van der Waals surface area contributed by atoms with Crippen LogP contribution in [0.2, 0.25) is 5.02 Å². The Hall–Kier alpha value is -12.4. The fourth-order valence-corrected chi connectivity index (χ4v) is 12.9. The molecule has 0 radical (unpaired) electrons. The van der Waals surface area contributed by atoms with Gasteiger partial charge in [-0.15, -0.1) is 0 Å². The van der Waals surface area contributed by atoms with E-state index in [9.17, 15) is 63.0 Å². The van der Waals surface area contributed by atoms with Gasteiger partial charge in [-0.05, 0) is 153 Å². The van der Waals surface area contributed by atoms with Gasteiger partial charge in [0, 0.05) is 82.2 Å². The van der Waals surface area contributed by atoms with Crippen LogP contribution in [0.15, 0.2) is 133 Å². The molecule has 0 spiro atoms. The summed E-state index contributed by atoms with van der Waals surface area (Å²) in [5, 5.41) is 52.2. The van der Waals surface area contributed by atoms with Crippen LogP contribution in [-0.4, -0.2) is 206 Å². The van der Waals surface area contributed by atoms with Crippen LogP contribution < -0.4 is 81.4 Å². The molecule has 4 heterocycles. The predicted octanol–water partition coefficient (Wildman–Crippen LogP) is 0.642. The van der Waals surface area contributed by atoms with Crippen molar-refractivity contribution in [2.75, 3.05) is 44.3 Å². The molecule has 35 nitrogen and oxygen atoms in total. The Balaban J connectivity index is 1.17. The number of halogens is 1. The first-order chi connectivity index (χ1) is 55.0. The Labute approximate surface area is 670 Å². The number of carboxylic acid groups (broad SMARTS) is 1. The third-order valence-corrected chi connectivity index (χ3v) is 19.1. The van der Waals surface area contributed by atoms with E-state index in [4.69, 9.17) is 34.5 Å². The summed E-state index contributed by atoms with van der Waals surface area (Å²) in [5.41, 5.74) is 25.0. The van der Waals surface area contributed by atoms with Gasteiger partial charge in [-0.25, -0.2) is 9.97 Å². The lowest BCUT2D eigenvalue weighted by Crippen LogP contribution is -2.61. The Morgan fingerprint density at radius 2 is 1.01 bits per heavy atom. The molecule has 3 aromatic heterocycles. The van der Waals surface area contributed by atoms with Crippen molar-refractivity contribution in [2.24, 2.45) is 22.4 Å². The molecule has 0 aliphatic carbocycles. The highest BCUT2D eigenvalue weighted by Crippen LogP contribution is 2.23. The SMILES string of the molecule is CC(=O)N[C@@H](Cc1ccc2ccccc2c1)C(=O)N[C@@H](Cc1ccc(Cl)cc1)C(=O)N[C@@H](Cc1cccnc1)C(=O)N[C@@H](CO)C(=O)N[C@@H](CCCCNC(=O)c1cccnc1N)C(=O)N[C@@H](CCCCNC(=O)c1cccnc1N)C(=O)N[C@@H](CC(C)C)C(=O)N[C@@H](CCCN=C(N)N)C(=O)N1CCC[C@@H]1C(=O)N[C@@H](C)C(=O)O. The molecule has 3 aromatic carbocycles. The van der Waals surface area contributed by atoms with Gasteiger partial charge in [0.1, 0.15) is 72.1 Å². The van der Waals surface area contributed by atoms with Gasteiger partial charge in [-0.3, -0.25) is 72.3 Å². The van der Waals surface area contributed by atoms with Crippen molar-refractivity contribution in [3.05, 3.63) is 161 Å². The highest BCUT2D eigenvalue weighted by molar-refractivity contribution is 6.30. The number of hydrogen-bond donors (Lipinski definition) is 17. The molecule has 1 fully saturated rings. The average molecular weight is 1610 g/mol. The van der Waals surface area contributed by atoms with E-state index in [1.165, 1.54) is 67.8 Å². The van der Waals surface area contributed by atoms with Crippen LogP contribution in [-0.2, 0) is 72.0 Å². The van der Waals surface area contributed by atoms with E-state index in [0.717, 1.165) is 10.8 Å². The number of nitrogens with two attached hydrogens (primary N) is 4. The Morgan fingerprint density at radius 1 is 0.530 bits per heavy atom. The summed E-state index contributed by atoms with van der Waals surface area (Å²) >= 11 is 6.26. The summed E-state index contributed by atoms with van der Waals surface area (Å²) in [4.78, 5) is 200. The number of nitrogens with zero attached hydrogens (tertiary/aromatic N) is 5. The van der Waals surface area contributed by atoms with E-state index in [0.29, 0.717) is 28.1 Å². The third-order valence-electron chi connectivity index (χ3n) is 18.9. The predicted molar refractivity (Wildman–Crippen MR) is 428 cm³/mol. The molecule has 0 saturated carbocycles. The first-order valence-electron chi connectivity index (χ1n) is 38.0. The Kier molecular flexibility index (Phi) is 35.4. The number of fused-ring (bicyclic) bond motifs is 1. The number of likely N-dealkylation sites (tertiary alicyclic amines) is 1. The molecule has 0 bridgehead atoms. The van der Waals surface area contributed by atoms with Gasteiger partial charge in [0.05, 0.1) is 17.7 Å². The number of nitrogen functional groups attached to an aromatic ring is 2. The largest absolute Gasteiger partial charge is 0.480 e. The summed E-state index contributed by atoms with van der Waals surface area (Å²) in [6.45, 7) is 5.07. The number of aromatic nitrogens is 3. The lowest BCUT2D eigenvalue weighted by atomic mass is 9.99. The molecule has 1 aliphatic rings. The summed E-state index contributed by atoms with van der Waals surface area (Å²) < 4.78 is 0. The van der Waals surface area contributed by atoms with Crippen LogP contribution >= 0.6 is 11.6 Å². The molecule has 1 saturated heterocycles. The second-order valence-electron chi connectivity index (χ2n) is 28.4. The van der Waals surface area contributed by atoms with Crippen LogP contribution in [0.1, 0.15) is 136 Å². The number of pyridine rings is 3. The van der Waals surface area contributed by atoms with Gasteiger partial charge < -0.3 is 96.5 Å². The summed E-state index contributed by atoms with van der Waals surface area (Å²) in [6, 6.07) is 14.3. The van der Waals surface area contributed by atoms with Crippen molar-refractivity contribution in [3.63, 3.8) is 0 Å². The zero-order valence-corrected chi connectivity index (χ0v) is 65.3. The number of nitrogens with one attached hydrogen (secondary N) is 11. The Morgan fingerprint density at radius 3 is 1.54 bits per heavy atom. The van der Waals surface area contributed by atoms with Gasteiger partial charge in [-0.2, -0.15) is 0 Å². The Bertz CT molecular complexity index is 4400. The number of aliphatic carboxylic acids is 1. The lowest BCUT2D eigenvalue weighted by molar-refractivity contribution is -0.144. The maximum atomic E-state index is 15.2. The number of aliphatic hydroxyl groups excluding tert-OH is 1. The molecular weight excluding hydrogens is 1500 g/mol. The monoisotopic (exact) mass is 1610 g/mol. The molecule has 115 heavy (non-hydrogen) atoms. The van der Waals surface area contributed by atoms with Gasteiger partial charge in [0.15, 0.2) is 5.96 Å². The average Bonchev–Trinajstić information content (AvgIpc) is 1.77. The molecule has 7 rings (SSSR count). The van der Waals surface area contributed by atoms with Crippen LogP contribution in [0, 0.1) is 5.92 Å². The van der Waals surface area contributed by atoms with Crippen molar-refractivity contribution in [1.29, 1.82) is 0 Å². The minimum absolute atomic E-state index is 0.0112. The van der Waals surface area contributed by atoms with E-state index in [1.54, 1.807) is 50.2 Å². The quantitative estimate of drug-likeness (QED) is 0.0142. The maximum Gasteiger partial charge on any atom is 0.325 e. The maximum absolute atomic E-state index is 15.2. The number of carbonyl (C=O) groups is 13. The number of aliphatic imine (C=N–C) groups is 1. The molecule has 12 amide bonds. The van der Waals surface area contributed by atoms with Crippen LogP contribution in [0.5, 0.6) is 0 Å². The number of guanidine groups is 1. The van der Waals surface area contributed by atoms with Crippen molar-refractivity contribution in [3.8, 4) is 0 Å². The number of unbranched alkanes of at least 4 members (excludes halogenated alkanes) is 2. The highest BCUT2D eigenvalue weighted by Gasteiger charge is 2.41. The summed E-state index contributed by atoms with van der Waals surface area (Å²) in [7, 11) is 0. The van der Waals surface area contributed by atoms with Gasteiger partial charge >= 0.3 is 5.97 Å².